The topological polar surface area (TPSA) is 198 Å². The van der Waals surface area contributed by atoms with Crippen LogP contribution in [0.5, 0.6) is 11.8 Å². The minimum absolute atomic E-state index is 0.0285. The zero-order valence-electron chi connectivity index (χ0n) is 32.8. The van der Waals surface area contributed by atoms with E-state index < -0.39 is 73.7 Å². The van der Waals surface area contributed by atoms with Crippen LogP contribution in [0.4, 0.5) is 4.79 Å². The van der Waals surface area contributed by atoms with Gasteiger partial charge in [-0.25, -0.2) is 13.2 Å². The Balaban J connectivity index is 1.37. The first kappa shape index (κ1) is 40.2. The third-order valence-corrected chi connectivity index (χ3v) is 13.6. The predicted molar refractivity (Wildman–Crippen MR) is 205 cm³/mol. The normalized spacial score (nSPS) is 29.5. The summed E-state index contributed by atoms with van der Waals surface area (Å²) in [7, 11) is -2.50. The van der Waals surface area contributed by atoms with Crippen LogP contribution in [-0.2, 0) is 24.4 Å². The first-order valence-corrected chi connectivity index (χ1v) is 20.8. The number of carbonyl (C=O) groups excluding carboxylic acids is 4. The summed E-state index contributed by atoms with van der Waals surface area (Å²) in [6.07, 6.45) is 6.92. The molecule has 1 aromatic heterocycles. The zero-order chi connectivity index (χ0) is 39.9. The van der Waals surface area contributed by atoms with Gasteiger partial charge in [0, 0.05) is 17.9 Å². The Bertz CT molecular complexity index is 1960. The van der Waals surface area contributed by atoms with Gasteiger partial charge in [-0.05, 0) is 90.2 Å². The number of methoxy groups -OCH3 is 1. The number of amides is 5. The molecule has 5 amide bonds. The van der Waals surface area contributed by atoms with Gasteiger partial charge in [-0.1, -0.05) is 44.6 Å². The van der Waals surface area contributed by atoms with Crippen molar-refractivity contribution in [3.05, 3.63) is 36.4 Å². The number of nitrogens with zero attached hydrogens (tertiary/aromatic N) is 3. The minimum Gasteiger partial charge on any atom is -0.479 e. The van der Waals surface area contributed by atoms with Crippen molar-refractivity contribution >= 4 is 44.5 Å². The number of hydrogen-bond acceptors (Lipinski definition) is 10. The van der Waals surface area contributed by atoms with E-state index in [1.807, 2.05) is 64.1 Å². The summed E-state index contributed by atoms with van der Waals surface area (Å²) in [5.41, 5.74) is -2.11. The number of carbonyl (C=O) groups is 4. The van der Waals surface area contributed by atoms with Gasteiger partial charge < -0.3 is 30.3 Å². The van der Waals surface area contributed by atoms with Crippen molar-refractivity contribution in [3.8, 4) is 11.8 Å². The molecule has 1 aromatic carbocycles. The van der Waals surface area contributed by atoms with E-state index in [1.165, 1.54) is 12.0 Å². The highest BCUT2D eigenvalue weighted by atomic mass is 32.2. The number of rotatable bonds is 8. The van der Waals surface area contributed by atoms with E-state index in [4.69, 9.17) is 9.47 Å². The number of allylic oxidation sites excluding steroid dienone is 1. The van der Waals surface area contributed by atoms with E-state index in [0.717, 1.165) is 6.42 Å². The molecule has 6 rings (SSSR count). The average Bonchev–Trinajstić information content (AvgIpc) is 4.00. The summed E-state index contributed by atoms with van der Waals surface area (Å²) in [5, 5.41) is 18.5. The van der Waals surface area contributed by atoms with Gasteiger partial charge >= 0.3 is 6.03 Å². The second-order valence-corrected chi connectivity index (χ2v) is 19.2. The van der Waals surface area contributed by atoms with Crippen LogP contribution < -0.4 is 30.1 Å². The summed E-state index contributed by atoms with van der Waals surface area (Å²) in [5.74, 6) is -1.91. The van der Waals surface area contributed by atoms with Gasteiger partial charge in [-0.2, -0.15) is 0 Å². The maximum Gasteiger partial charge on any atom is 0.315 e. The molecule has 7 atom stereocenters. The third-order valence-electron chi connectivity index (χ3n) is 11.5. The lowest BCUT2D eigenvalue weighted by atomic mass is 9.85. The van der Waals surface area contributed by atoms with Gasteiger partial charge in [-0.3, -0.25) is 19.1 Å². The molecule has 2 saturated carbocycles. The van der Waals surface area contributed by atoms with Crippen molar-refractivity contribution in [2.24, 2.45) is 17.8 Å². The lowest BCUT2D eigenvalue weighted by Gasteiger charge is -2.34. The summed E-state index contributed by atoms with van der Waals surface area (Å²) >= 11 is 0. The van der Waals surface area contributed by atoms with Gasteiger partial charge in [0.1, 0.15) is 23.7 Å². The molecule has 15 nitrogen and oxygen atoms in total. The fourth-order valence-electron chi connectivity index (χ4n) is 7.78. The number of ether oxygens (including phenoxy) is 2. The fraction of sp³-hybridized carbons (Fsp3) is 0.641. The molecule has 55 heavy (non-hydrogen) atoms. The largest absolute Gasteiger partial charge is 0.479 e. The van der Waals surface area contributed by atoms with Crippen LogP contribution in [0.25, 0.3) is 10.8 Å². The second-order valence-electron chi connectivity index (χ2n) is 17.0. The molecule has 2 aromatic rings. The van der Waals surface area contributed by atoms with E-state index in [2.05, 4.69) is 37.8 Å². The van der Waals surface area contributed by atoms with E-state index in [0.29, 0.717) is 48.8 Å². The summed E-state index contributed by atoms with van der Waals surface area (Å²) in [4.78, 5) is 58.2. The van der Waals surface area contributed by atoms with Crippen LogP contribution in [-0.4, -0.2) is 94.9 Å². The molecular formula is C39H55N7O8S. The van der Waals surface area contributed by atoms with Crippen LogP contribution >= 0.6 is 0 Å². The third kappa shape index (κ3) is 8.53. The van der Waals surface area contributed by atoms with Gasteiger partial charge in [0.05, 0.1) is 29.2 Å². The van der Waals surface area contributed by atoms with Crippen molar-refractivity contribution in [2.45, 2.75) is 127 Å². The Kier molecular flexibility index (Phi) is 11.1. The molecule has 2 aliphatic carbocycles. The quantitative estimate of drug-likeness (QED) is 0.287. The van der Waals surface area contributed by atoms with Gasteiger partial charge in [-0.15, -0.1) is 10.2 Å². The number of nitrogens with one attached hydrogen (secondary N) is 4. The Morgan fingerprint density at radius 2 is 1.75 bits per heavy atom. The molecule has 0 bridgehead atoms. The molecule has 4 aliphatic rings. The first-order valence-electron chi connectivity index (χ1n) is 19.3. The lowest BCUT2D eigenvalue weighted by molar-refractivity contribution is -0.142. The SMILES string of the molecule is CC[C@@H]1C[C@@H](C)CCC=C[C@@H]2C[C@@]2(C(=O)NS(=O)(=O)C2(C)CC2)NC(=O)[C@@H]2C[C@@H](Oc3nnc(OC)c4ccccc34)CN2C(=O)[C@H]1NC(=O)NC(C)(C)C. The molecule has 2 aliphatic heterocycles. The average molecular weight is 782 g/mol. The summed E-state index contributed by atoms with van der Waals surface area (Å²) < 4.78 is 39.5. The monoisotopic (exact) mass is 781 g/mol. The maximum absolute atomic E-state index is 14.9. The van der Waals surface area contributed by atoms with Crippen molar-refractivity contribution in [1.29, 1.82) is 0 Å². The van der Waals surface area contributed by atoms with E-state index in [9.17, 15) is 27.6 Å². The molecule has 300 valence electrons. The van der Waals surface area contributed by atoms with Gasteiger partial charge in [0.25, 0.3) is 5.91 Å². The van der Waals surface area contributed by atoms with Crippen LogP contribution in [0.2, 0.25) is 0 Å². The van der Waals surface area contributed by atoms with Crippen molar-refractivity contribution in [2.75, 3.05) is 13.7 Å². The zero-order valence-corrected chi connectivity index (χ0v) is 33.6. The van der Waals surface area contributed by atoms with Crippen LogP contribution in [0.1, 0.15) is 92.9 Å². The highest BCUT2D eigenvalue weighted by molar-refractivity contribution is 7.91. The minimum atomic E-state index is -4.00. The highest BCUT2D eigenvalue weighted by Crippen LogP contribution is 2.47. The number of fused-ring (bicyclic) bond motifs is 3. The number of sulfonamides is 1. The van der Waals surface area contributed by atoms with E-state index >= 15 is 0 Å². The van der Waals surface area contributed by atoms with E-state index in [-0.39, 0.29) is 37.1 Å². The molecule has 0 unspecified atom stereocenters. The number of benzene rings is 1. The standard InChI is InChI=1S/C39H55N7O8S/c1-8-24-19-23(2)13-9-10-14-25-21-39(25,35(49)45-55(51,52)38(6)17-18-38)41-31(47)29-20-26(22-46(29)34(48)30(24)40-36(50)42-37(3,4)5)54-33-28-16-12-11-15-27(28)32(53-7)43-44-33/h10-12,14-16,23-26,29-30H,8-9,13,17-22H2,1-7H3,(H,41,47)(H,45,49)(H2,40,42,50)/t23-,24+,25+,26+,29-,30-,39+/m0/s1. The summed E-state index contributed by atoms with van der Waals surface area (Å²) in [6, 6.07) is 4.68. The number of hydrogen-bond donors (Lipinski definition) is 4. The Labute approximate surface area is 323 Å². The van der Waals surface area contributed by atoms with Crippen molar-refractivity contribution < 1.29 is 37.1 Å². The second kappa shape index (κ2) is 15.2. The number of aromatic nitrogens is 2. The fourth-order valence-corrected chi connectivity index (χ4v) is 9.10. The van der Waals surface area contributed by atoms with Crippen molar-refractivity contribution in [3.63, 3.8) is 0 Å². The van der Waals surface area contributed by atoms with Crippen LogP contribution in [0, 0.1) is 17.8 Å². The van der Waals surface area contributed by atoms with Gasteiger partial charge in [0.15, 0.2) is 0 Å². The van der Waals surface area contributed by atoms with Crippen molar-refractivity contribution in [1.82, 2.24) is 35.8 Å². The Morgan fingerprint density at radius 1 is 1.07 bits per heavy atom. The molecular weight excluding hydrogens is 727 g/mol. The Hall–Kier alpha value is -4.47. The van der Waals surface area contributed by atoms with Crippen LogP contribution in [0.15, 0.2) is 36.4 Å². The maximum atomic E-state index is 14.9. The smallest absolute Gasteiger partial charge is 0.315 e. The summed E-state index contributed by atoms with van der Waals surface area (Å²) in [6.45, 7) is 11.2. The van der Waals surface area contributed by atoms with Crippen LogP contribution in [0.3, 0.4) is 0 Å². The number of urea groups is 1. The highest BCUT2D eigenvalue weighted by Gasteiger charge is 2.63. The molecule has 4 N–H and O–H groups in total. The molecule has 0 spiro atoms. The molecule has 16 heteroatoms. The van der Waals surface area contributed by atoms with E-state index in [1.54, 1.807) is 6.92 Å². The molecule has 0 radical (unpaired) electrons. The van der Waals surface area contributed by atoms with Gasteiger partial charge in [0.2, 0.25) is 33.6 Å². The molecule has 3 fully saturated rings. The lowest BCUT2D eigenvalue weighted by Crippen LogP contribution is -2.60. The first-order chi connectivity index (χ1) is 25.9. The molecule has 3 heterocycles. The Morgan fingerprint density at radius 3 is 2.38 bits per heavy atom. The molecule has 1 saturated heterocycles. The predicted octanol–water partition coefficient (Wildman–Crippen LogP) is 3.73.